The second kappa shape index (κ2) is 8.35. The van der Waals surface area contributed by atoms with Gasteiger partial charge in [0.2, 0.25) is 12.1 Å². The molecule has 8 nitrogen and oxygen atoms in total. The van der Waals surface area contributed by atoms with Crippen molar-refractivity contribution in [1.82, 2.24) is 14.5 Å². The lowest BCUT2D eigenvalue weighted by atomic mass is 9.96. The number of hydrogen-bond acceptors (Lipinski definition) is 6. The zero-order chi connectivity index (χ0) is 24.8. The third kappa shape index (κ3) is 3.98. The largest absolute Gasteiger partial charge is 0.497 e. The Balaban J connectivity index is 1.86. The third-order valence-corrected chi connectivity index (χ3v) is 7.06. The maximum absolute atomic E-state index is 13.6. The average Bonchev–Trinajstić information content (AvgIpc) is 3.33. The predicted octanol–water partition coefficient (Wildman–Crippen LogP) is 4.48. The molecule has 1 aliphatic rings. The van der Waals surface area contributed by atoms with Crippen LogP contribution in [0.15, 0.2) is 53.4 Å². The number of hydrogen-bond donors (Lipinski definition) is 1. The molecule has 34 heavy (non-hydrogen) atoms. The monoisotopic (exact) mass is 495 g/mol. The van der Waals surface area contributed by atoms with Crippen molar-refractivity contribution in [2.75, 3.05) is 7.11 Å². The maximum Gasteiger partial charge on any atom is 0.432 e. The fourth-order valence-electron chi connectivity index (χ4n) is 3.67. The summed E-state index contributed by atoms with van der Waals surface area (Å²) < 4.78 is 77.6. The minimum absolute atomic E-state index is 0.0293. The van der Waals surface area contributed by atoms with E-state index in [1.807, 2.05) is 5.10 Å². The van der Waals surface area contributed by atoms with Gasteiger partial charge < -0.3 is 9.47 Å². The van der Waals surface area contributed by atoms with Gasteiger partial charge >= 0.3 is 6.18 Å². The van der Waals surface area contributed by atoms with E-state index in [1.165, 1.54) is 25.3 Å². The summed E-state index contributed by atoms with van der Waals surface area (Å²) in [7, 11) is -3.08. The number of carbonyl (C=O) groups excluding carboxylic acids is 1. The molecule has 1 aromatic heterocycles. The minimum Gasteiger partial charge on any atom is -0.497 e. The van der Waals surface area contributed by atoms with Crippen LogP contribution >= 0.6 is 0 Å². The van der Waals surface area contributed by atoms with Crippen LogP contribution in [0.2, 0.25) is 0 Å². The smallest absolute Gasteiger partial charge is 0.432 e. The molecule has 0 saturated carbocycles. The van der Waals surface area contributed by atoms with Gasteiger partial charge in [0.25, 0.3) is 15.9 Å². The van der Waals surface area contributed by atoms with Crippen LogP contribution in [0.1, 0.15) is 53.2 Å². The number of nitrogens with one attached hydrogen (secondary N) is 1. The molecule has 2 aromatic carbocycles. The van der Waals surface area contributed by atoms with Crippen LogP contribution in [0.3, 0.4) is 0 Å². The molecular formula is C22H20F3N3O5S. The SMILES string of the molecule is COc1cc(C(C)C)c2c(c1)S(=O)(=O)N(C(Oc1cc(C(F)(F)F)[nH]n1)c1ccccc1)C2=O. The van der Waals surface area contributed by atoms with Gasteiger partial charge in [0.05, 0.1) is 12.7 Å². The molecule has 1 aliphatic heterocycles. The number of methoxy groups -OCH3 is 1. The highest BCUT2D eigenvalue weighted by atomic mass is 32.2. The molecular weight excluding hydrogens is 475 g/mol. The van der Waals surface area contributed by atoms with E-state index >= 15 is 0 Å². The zero-order valence-corrected chi connectivity index (χ0v) is 19.1. The normalized spacial score (nSPS) is 16.0. The van der Waals surface area contributed by atoms with Crippen LogP contribution in [0, 0.1) is 0 Å². The quantitative estimate of drug-likeness (QED) is 0.541. The molecule has 12 heteroatoms. The van der Waals surface area contributed by atoms with Crippen molar-refractivity contribution in [2.24, 2.45) is 0 Å². The molecule has 4 rings (SSSR count). The number of alkyl halides is 3. The first-order valence-electron chi connectivity index (χ1n) is 10.1. The second-order valence-corrected chi connectivity index (χ2v) is 9.63. The lowest BCUT2D eigenvalue weighted by molar-refractivity contribution is -0.141. The van der Waals surface area contributed by atoms with Gasteiger partial charge in [-0.3, -0.25) is 9.89 Å². The number of benzene rings is 2. The summed E-state index contributed by atoms with van der Waals surface area (Å²) >= 11 is 0. The molecule has 180 valence electrons. The number of nitrogens with zero attached hydrogens (tertiary/aromatic N) is 2. The Morgan fingerprint density at radius 3 is 2.32 bits per heavy atom. The highest BCUT2D eigenvalue weighted by Crippen LogP contribution is 2.43. The van der Waals surface area contributed by atoms with Crippen LogP contribution in [0.25, 0.3) is 0 Å². The maximum atomic E-state index is 13.6. The molecule has 1 N–H and O–H groups in total. The van der Waals surface area contributed by atoms with Gasteiger partial charge in [-0.1, -0.05) is 44.2 Å². The Hall–Kier alpha value is -3.54. The number of halogens is 3. The van der Waals surface area contributed by atoms with E-state index < -0.39 is 39.9 Å². The Morgan fingerprint density at radius 2 is 1.76 bits per heavy atom. The molecule has 0 aliphatic carbocycles. The summed E-state index contributed by atoms with van der Waals surface area (Å²) in [6.45, 7) is 3.59. The van der Waals surface area contributed by atoms with E-state index in [2.05, 4.69) is 5.10 Å². The fourth-order valence-corrected chi connectivity index (χ4v) is 5.33. The van der Waals surface area contributed by atoms with E-state index in [0.717, 1.165) is 0 Å². The van der Waals surface area contributed by atoms with Crippen molar-refractivity contribution in [3.8, 4) is 11.6 Å². The van der Waals surface area contributed by atoms with Crippen molar-refractivity contribution in [2.45, 2.75) is 37.1 Å². The molecule has 1 atom stereocenters. The Bertz CT molecular complexity index is 1340. The Labute approximate surface area is 193 Å². The Kier molecular flexibility index (Phi) is 5.80. The van der Waals surface area contributed by atoms with Crippen molar-refractivity contribution in [1.29, 1.82) is 0 Å². The van der Waals surface area contributed by atoms with Crippen LogP contribution < -0.4 is 9.47 Å². The fraction of sp³-hybridized carbons (Fsp3) is 0.273. The van der Waals surface area contributed by atoms with Gasteiger partial charge in [-0.05, 0) is 17.5 Å². The summed E-state index contributed by atoms with van der Waals surface area (Å²) in [5, 5.41) is 5.31. The molecule has 1 amide bonds. The van der Waals surface area contributed by atoms with Gasteiger partial charge in [0.1, 0.15) is 16.3 Å². The number of carbonyl (C=O) groups is 1. The van der Waals surface area contributed by atoms with Crippen molar-refractivity contribution in [3.05, 3.63) is 70.9 Å². The number of amides is 1. The van der Waals surface area contributed by atoms with Gasteiger partial charge in [-0.2, -0.15) is 17.5 Å². The Morgan fingerprint density at radius 1 is 1.09 bits per heavy atom. The molecule has 2 heterocycles. The third-order valence-electron chi connectivity index (χ3n) is 5.30. The molecule has 0 radical (unpaired) electrons. The molecule has 1 unspecified atom stereocenters. The van der Waals surface area contributed by atoms with Crippen LogP contribution in [-0.2, 0) is 16.2 Å². The predicted molar refractivity (Wildman–Crippen MR) is 114 cm³/mol. The number of H-pyrrole nitrogens is 1. The van der Waals surface area contributed by atoms with Crippen LogP contribution in [0.4, 0.5) is 13.2 Å². The van der Waals surface area contributed by atoms with Gasteiger partial charge in [-0.25, -0.2) is 8.42 Å². The molecule has 0 bridgehead atoms. The number of aromatic amines is 1. The van der Waals surface area contributed by atoms with Gasteiger partial charge in [0.15, 0.2) is 0 Å². The lowest BCUT2D eigenvalue weighted by Crippen LogP contribution is -2.37. The van der Waals surface area contributed by atoms with Gasteiger partial charge in [0, 0.05) is 17.7 Å². The topological polar surface area (TPSA) is 102 Å². The van der Waals surface area contributed by atoms with E-state index in [4.69, 9.17) is 9.47 Å². The van der Waals surface area contributed by atoms with E-state index in [9.17, 15) is 26.4 Å². The number of sulfonamides is 1. The molecule has 3 aromatic rings. The average molecular weight is 495 g/mol. The van der Waals surface area contributed by atoms with Crippen LogP contribution in [0.5, 0.6) is 11.6 Å². The summed E-state index contributed by atoms with van der Waals surface area (Å²) in [6, 6.07) is 11.2. The number of rotatable bonds is 6. The van der Waals surface area contributed by atoms with Crippen molar-refractivity contribution in [3.63, 3.8) is 0 Å². The standard InChI is InChI=1S/C22H20F3N3O5S/c1-12(2)15-9-14(32-3)10-16-19(15)20(29)28(34(16,30)31)21(13-7-5-4-6-8-13)33-18-11-17(26-27-18)22(23,24)25/h4-12,21H,1-3H3,(H,26,27). The molecule has 0 fully saturated rings. The first-order valence-corrected chi connectivity index (χ1v) is 11.5. The van der Waals surface area contributed by atoms with Crippen molar-refractivity contribution >= 4 is 15.9 Å². The first kappa shape index (κ1) is 23.6. The number of aromatic nitrogens is 2. The summed E-state index contributed by atoms with van der Waals surface area (Å²) in [5.41, 5.74) is -0.531. The first-order chi connectivity index (χ1) is 15.9. The zero-order valence-electron chi connectivity index (χ0n) is 18.3. The van der Waals surface area contributed by atoms with E-state index in [1.54, 1.807) is 38.1 Å². The summed E-state index contributed by atoms with van der Waals surface area (Å²) in [5.74, 6) is -1.36. The van der Waals surface area contributed by atoms with Gasteiger partial charge in [-0.15, -0.1) is 5.10 Å². The highest BCUT2D eigenvalue weighted by molar-refractivity contribution is 7.90. The molecule has 0 spiro atoms. The highest BCUT2D eigenvalue weighted by Gasteiger charge is 2.49. The number of ether oxygens (including phenoxy) is 2. The van der Waals surface area contributed by atoms with Crippen LogP contribution in [-0.4, -0.2) is 35.9 Å². The van der Waals surface area contributed by atoms with E-state index in [-0.39, 0.29) is 27.7 Å². The molecule has 0 saturated heterocycles. The lowest BCUT2D eigenvalue weighted by Gasteiger charge is -2.26. The number of fused-ring (bicyclic) bond motifs is 1. The summed E-state index contributed by atoms with van der Waals surface area (Å²) in [4.78, 5) is 13.3. The summed E-state index contributed by atoms with van der Waals surface area (Å²) in [6.07, 6.45) is -6.33. The minimum atomic E-state index is -4.72. The second-order valence-electron chi connectivity index (χ2n) is 7.85. The van der Waals surface area contributed by atoms with Crippen molar-refractivity contribution < 1.29 is 35.9 Å². The van der Waals surface area contributed by atoms with E-state index in [0.29, 0.717) is 15.9 Å².